The van der Waals surface area contributed by atoms with E-state index in [-0.39, 0.29) is 11.3 Å². The molecule has 1 saturated heterocycles. The molecule has 0 radical (unpaired) electrons. The van der Waals surface area contributed by atoms with Crippen molar-refractivity contribution in [3.63, 3.8) is 0 Å². The van der Waals surface area contributed by atoms with Crippen LogP contribution in [0.1, 0.15) is 37.8 Å². The zero-order valence-corrected chi connectivity index (χ0v) is 11.4. The van der Waals surface area contributed by atoms with E-state index in [0.717, 1.165) is 31.4 Å². The van der Waals surface area contributed by atoms with E-state index in [0.29, 0.717) is 10.8 Å². The molecule has 0 bridgehead atoms. The van der Waals surface area contributed by atoms with Crippen LogP contribution in [0.4, 0.5) is 0 Å². The molecule has 0 amide bonds. The van der Waals surface area contributed by atoms with E-state index in [1.165, 1.54) is 0 Å². The van der Waals surface area contributed by atoms with E-state index in [9.17, 15) is 8.42 Å². The summed E-state index contributed by atoms with van der Waals surface area (Å²) in [6, 6.07) is 7.70. The van der Waals surface area contributed by atoms with Gasteiger partial charge in [-0.3, -0.25) is 0 Å². The van der Waals surface area contributed by atoms with Crippen molar-refractivity contribution in [2.24, 2.45) is 5.92 Å². The maximum absolute atomic E-state index is 12.5. The number of sulfone groups is 1. The predicted octanol–water partition coefficient (Wildman–Crippen LogP) is 2.29. The molecule has 4 heteroatoms. The molecule has 1 N–H and O–H groups in total. The SMILES string of the molecule is C[C@H]1CCN[C@@H]1c1ccccc1S(=O)(=O)C1CC1. The Morgan fingerprint density at radius 3 is 2.50 bits per heavy atom. The molecule has 1 aromatic rings. The normalized spacial score (nSPS) is 28.5. The summed E-state index contributed by atoms with van der Waals surface area (Å²) in [6.45, 7) is 3.16. The highest BCUT2D eigenvalue weighted by molar-refractivity contribution is 7.92. The highest BCUT2D eigenvalue weighted by Gasteiger charge is 2.39. The van der Waals surface area contributed by atoms with Crippen molar-refractivity contribution in [1.29, 1.82) is 0 Å². The largest absolute Gasteiger partial charge is 0.310 e. The Kier molecular flexibility index (Phi) is 2.94. The highest BCUT2D eigenvalue weighted by Crippen LogP contribution is 2.39. The standard InChI is InChI=1S/C14H19NO2S/c1-10-8-9-15-14(10)12-4-2-3-5-13(12)18(16,17)11-6-7-11/h2-5,10-11,14-15H,6-9H2,1H3/t10-,14-/m0/s1. The number of hydrogen-bond donors (Lipinski definition) is 1. The lowest BCUT2D eigenvalue weighted by Crippen LogP contribution is -2.20. The molecule has 1 saturated carbocycles. The third-order valence-electron chi connectivity index (χ3n) is 4.06. The van der Waals surface area contributed by atoms with Crippen LogP contribution in [0.3, 0.4) is 0 Å². The molecule has 1 aliphatic carbocycles. The van der Waals surface area contributed by atoms with Crippen LogP contribution in [0.15, 0.2) is 29.2 Å². The molecular weight excluding hydrogens is 246 g/mol. The molecule has 0 unspecified atom stereocenters. The zero-order valence-electron chi connectivity index (χ0n) is 10.6. The molecule has 3 nitrogen and oxygen atoms in total. The molecule has 3 rings (SSSR count). The second kappa shape index (κ2) is 4.35. The summed E-state index contributed by atoms with van der Waals surface area (Å²) in [4.78, 5) is 0.554. The van der Waals surface area contributed by atoms with Gasteiger partial charge in [-0.1, -0.05) is 25.1 Å². The first-order chi connectivity index (χ1) is 8.60. The fourth-order valence-electron chi connectivity index (χ4n) is 2.81. The Hall–Kier alpha value is -0.870. The van der Waals surface area contributed by atoms with Crippen LogP contribution in [0.5, 0.6) is 0 Å². The number of rotatable bonds is 3. The highest BCUT2D eigenvalue weighted by atomic mass is 32.2. The first kappa shape index (κ1) is 12.2. The minimum atomic E-state index is -3.10. The van der Waals surface area contributed by atoms with Crippen LogP contribution in [-0.4, -0.2) is 20.2 Å². The van der Waals surface area contributed by atoms with Crippen LogP contribution in [-0.2, 0) is 9.84 Å². The third kappa shape index (κ3) is 1.97. The van der Waals surface area contributed by atoms with Crippen molar-refractivity contribution in [1.82, 2.24) is 5.32 Å². The van der Waals surface area contributed by atoms with E-state index in [4.69, 9.17) is 0 Å². The first-order valence-corrected chi connectivity index (χ1v) is 8.21. The number of benzene rings is 1. The van der Waals surface area contributed by atoms with Crippen molar-refractivity contribution >= 4 is 9.84 Å². The molecule has 2 atom stereocenters. The van der Waals surface area contributed by atoms with Crippen molar-refractivity contribution in [3.05, 3.63) is 29.8 Å². The average molecular weight is 265 g/mol. The quantitative estimate of drug-likeness (QED) is 0.912. The Morgan fingerprint density at radius 1 is 1.17 bits per heavy atom. The van der Waals surface area contributed by atoms with Crippen LogP contribution in [0.25, 0.3) is 0 Å². The fraction of sp³-hybridized carbons (Fsp3) is 0.571. The van der Waals surface area contributed by atoms with Gasteiger partial charge in [0, 0.05) is 6.04 Å². The maximum Gasteiger partial charge on any atom is 0.181 e. The summed E-state index contributed by atoms with van der Waals surface area (Å²) in [5.74, 6) is 0.501. The molecule has 2 fully saturated rings. The molecule has 2 aliphatic rings. The lowest BCUT2D eigenvalue weighted by atomic mass is 9.96. The lowest BCUT2D eigenvalue weighted by Gasteiger charge is -2.19. The zero-order chi connectivity index (χ0) is 12.8. The molecule has 18 heavy (non-hydrogen) atoms. The predicted molar refractivity (Wildman–Crippen MR) is 71.2 cm³/mol. The Balaban J connectivity index is 2.05. The Labute approximate surface area is 109 Å². The van der Waals surface area contributed by atoms with Crippen LogP contribution >= 0.6 is 0 Å². The van der Waals surface area contributed by atoms with Crippen LogP contribution in [0.2, 0.25) is 0 Å². The van der Waals surface area contributed by atoms with Crippen molar-refractivity contribution in [3.8, 4) is 0 Å². The van der Waals surface area contributed by atoms with Gasteiger partial charge in [-0.15, -0.1) is 0 Å². The molecular formula is C14H19NO2S. The smallest absolute Gasteiger partial charge is 0.181 e. The van der Waals surface area contributed by atoms with Gasteiger partial charge in [0.2, 0.25) is 0 Å². The van der Waals surface area contributed by atoms with Gasteiger partial charge in [-0.2, -0.15) is 0 Å². The lowest BCUT2D eigenvalue weighted by molar-refractivity contribution is 0.494. The molecule has 0 aromatic heterocycles. The van der Waals surface area contributed by atoms with Gasteiger partial charge in [0.15, 0.2) is 9.84 Å². The molecule has 1 aliphatic heterocycles. The van der Waals surface area contributed by atoms with Gasteiger partial charge in [-0.25, -0.2) is 8.42 Å². The van der Waals surface area contributed by atoms with Gasteiger partial charge < -0.3 is 5.32 Å². The summed E-state index contributed by atoms with van der Waals surface area (Å²) in [5.41, 5.74) is 0.967. The molecule has 0 spiro atoms. The minimum absolute atomic E-state index is 0.129. The van der Waals surface area contributed by atoms with Crippen molar-refractivity contribution in [2.45, 2.75) is 42.4 Å². The molecule has 1 aromatic carbocycles. The van der Waals surface area contributed by atoms with Gasteiger partial charge in [0.1, 0.15) is 0 Å². The minimum Gasteiger partial charge on any atom is -0.310 e. The fourth-order valence-corrected chi connectivity index (χ4v) is 4.71. The monoisotopic (exact) mass is 265 g/mol. The van der Waals surface area contributed by atoms with Crippen LogP contribution in [0, 0.1) is 5.92 Å². The Bertz CT molecular complexity index is 549. The second-order valence-electron chi connectivity index (χ2n) is 5.48. The summed E-state index contributed by atoms with van der Waals surface area (Å²) in [7, 11) is -3.10. The van der Waals surface area contributed by atoms with Gasteiger partial charge in [0.25, 0.3) is 0 Å². The van der Waals surface area contributed by atoms with E-state index in [2.05, 4.69) is 12.2 Å². The summed E-state index contributed by atoms with van der Waals surface area (Å²) >= 11 is 0. The van der Waals surface area contributed by atoms with Crippen LogP contribution < -0.4 is 5.32 Å². The topological polar surface area (TPSA) is 46.2 Å². The number of hydrogen-bond acceptors (Lipinski definition) is 3. The van der Waals surface area contributed by atoms with Crippen molar-refractivity contribution < 1.29 is 8.42 Å². The van der Waals surface area contributed by atoms with Crippen molar-refractivity contribution in [2.75, 3.05) is 6.54 Å². The van der Waals surface area contributed by atoms with E-state index < -0.39 is 9.84 Å². The van der Waals surface area contributed by atoms with E-state index in [1.54, 1.807) is 6.07 Å². The molecule has 98 valence electrons. The third-order valence-corrected chi connectivity index (χ3v) is 6.39. The number of nitrogens with one attached hydrogen (secondary N) is 1. The van der Waals surface area contributed by atoms with E-state index >= 15 is 0 Å². The van der Waals surface area contributed by atoms with Gasteiger partial charge in [-0.05, 0) is 43.4 Å². The van der Waals surface area contributed by atoms with E-state index in [1.807, 2.05) is 18.2 Å². The van der Waals surface area contributed by atoms with Gasteiger partial charge in [0.05, 0.1) is 10.1 Å². The molecule has 1 heterocycles. The Morgan fingerprint density at radius 2 is 1.89 bits per heavy atom. The summed E-state index contributed by atoms with van der Waals surface area (Å²) in [5, 5.41) is 3.30. The van der Waals surface area contributed by atoms with Gasteiger partial charge >= 0.3 is 0 Å². The summed E-state index contributed by atoms with van der Waals surface area (Å²) in [6.07, 6.45) is 2.76. The maximum atomic E-state index is 12.5. The first-order valence-electron chi connectivity index (χ1n) is 6.67. The second-order valence-corrected chi connectivity index (χ2v) is 7.68. The average Bonchev–Trinajstić information content (AvgIpc) is 3.13. The summed E-state index contributed by atoms with van der Waals surface area (Å²) < 4.78 is 24.9.